The fourth-order valence-corrected chi connectivity index (χ4v) is 2.15. The maximum atomic E-state index is 6.05. The van der Waals surface area contributed by atoms with Crippen molar-refractivity contribution in [2.24, 2.45) is 0 Å². The Morgan fingerprint density at radius 3 is 2.05 bits per heavy atom. The van der Waals surface area contributed by atoms with Gasteiger partial charge in [-0.2, -0.15) is 0 Å². The third-order valence-corrected chi connectivity index (χ3v) is 3.51. The molecule has 0 aliphatic rings. The lowest BCUT2D eigenvalue weighted by molar-refractivity contribution is 1.12. The maximum absolute atomic E-state index is 6.05. The highest BCUT2D eigenvalue weighted by Crippen LogP contribution is 2.25. The van der Waals surface area contributed by atoms with E-state index in [9.17, 15) is 0 Å². The summed E-state index contributed by atoms with van der Waals surface area (Å²) in [4.78, 5) is 2.09. The van der Waals surface area contributed by atoms with Crippen LogP contribution in [-0.4, -0.2) is 14.1 Å². The van der Waals surface area contributed by atoms with Crippen molar-refractivity contribution in [1.29, 1.82) is 0 Å². The van der Waals surface area contributed by atoms with E-state index < -0.39 is 0 Å². The summed E-state index contributed by atoms with van der Waals surface area (Å²) < 4.78 is 0. The van der Waals surface area contributed by atoms with Gasteiger partial charge in [0.25, 0.3) is 0 Å². The van der Waals surface area contributed by atoms with Gasteiger partial charge in [-0.05, 0) is 54.3 Å². The molecule has 0 aliphatic heterocycles. The summed E-state index contributed by atoms with van der Waals surface area (Å²) in [6.07, 6.45) is 0.816. The van der Waals surface area contributed by atoms with Crippen molar-refractivity contribution >= 4 is 17.1 Å². The molecule has 100 valence electrons. The van der Waals surface area contributed by atoms with E-state index >= 15 is 0 Å². The Kier molecular flexibility index (Phi) is 3.65. The molecule has 2 rings (SSSR count). The number of hydrogen-bond acceptors (Lipinski definition) is 3. The molecule has 3 nitrogen and oxygen atoms in total. The van der Waals surface area contributed by atoms with Crippen LogP contribution in [0.4, 0.5) is 17.1 Å². The Morgan fingerprint density at radius 1 is 0.895 bits per heavy atom. The molecule has 3 heteroatoms. The van der Waals surface area contributed by atoms with E-state index in [1.54, 1.807) is 0 Å². The molecule has 0 atom stereocenters. The number of nitrogens with two attached hydrogens (primary N) is 2. The summed E-state index contributed by atoms with van der Waals surface area (Å²) >= 11 is 0. The SMILES string of the molecule is Cc1c(N)ccc(N)c1Cc1ccc(N(C)C)cc1. The molecular formula is C16H21N3. The number of nitrogens with zero attached hydrogens (tertiary/aromatic N) is 1. The smallest absolute Gasteiger partial charge is 0.0361 e. The van der Waals surface area contributed by atoms with Gasteiger partial charge in [0.1, 0.15) is 0 Å². The molecule has 2 aromatic carbocycles. The molecule has 0 unspecified atom stereocenters. The first kappa shape index (κ1) is 13.3. The van der Waals surface area contributed by atoms with Crippen LogP contribution >= 0.6 is 0 Å². The van der Waals surface area contributed by atoms with Crippen LogP contribution in [0.15, 0.2) is 36.4 Å². The van der Waals surface area contributed by atoms with Gasteiger partial charge in [0.2, 0.25) is 0 Å². The Balaban J connectivity index is 2.29. The van der Waals surface area contributed by atoms with Gasteiger partial charge in [0.15, 0.2) is 0 Å². The van der Waals surface area contributed by atoms with E-state index in [1.165, 1.54) is 11.3 Å². The van der Waals surface area contributed by atoms with Gasteiger partial charge in [-0.25, -0.2) is 0 Å². The van der Waals surface area contributed by atoms with Crippen molar-refractivity contribution in [1.82, 2.24) is 0 Å². The highest BCUT2D eigenvalue weighted by molar-refractivity contribution is 5.62. The fraction of sp³-hybridized carbons (Fsp3) is 0.250. The van der Waals surface area contributed by atoms with Crippen molar-refractivity contribution in [2.75, 3.05) is 30.5 Å². The molecule has 19 heavy (non-hydrogen) atoms. The van der Waals surface area contributed by atoms with Crippen LogP contribution in [-0.2, 0) is 6.42 Å². The van der Waals surface area contributed by atoms with E-state index in [4.69, 9.17) is 11.5 Å². The number of anilines is 3. The number of hydrogen-bond donors (Lipinski definition) is 2. The molecule has 0 fully saturated rings. The molecule has 0 radical (unpaired) electrons. The molecule has 0 saturated carbocycles. The van der Waals surface area contributed by atoms with Crippen LogP contribution in [0.2, 0.25) is 0 Å². The first-order valence-electron chi connectivity index (χ1n) is 6.38. The molecule has 0 bridgehead atoms. The minimum absolute atomic E-state index is 0.800. The Morgan fingerprint density at radius 2 is 1.47 bits per heavy atom. The normalized spacial score (nSPS) is 10.5. The first-order chi connectivity index (χ1) is 8.99. The van der Waals surface area contributed by atoms with Crippen LogP contribution < -0.4 is 16.4 Å². The molecule has 2 aromatic rings. The van der Waals surface area contributed by atoms with Crippen LogP contribution in [0.25, 0.3) is 0 Å². The van der Waals surface area contributed by atoms with E-state index in [2.05, 4.69) is 29.2 Å². The second kappa shape index (κ2) is 5.22. The summed E-state index contributed by atoms with van der Waals surface area (Å²) in [6.45, 7) is 2.02. The van der Waals surface area contributed by atoms with Crippen LogP contribution in [0.3, 0.4) is 0 Å². The van der Waals surface area contributed by atoms with E-state index in [1.807, 2.05) is 33.2 Å². The molecule has 0 spiro atoms. The quantitative estimate of drug-likeness (QED) is 0.829. The standard InChI is InChI=1S/C16H21N3/c1-11-14(16(18)9-8-15(11)17)10-12-4-6-13(7-5-12)19(2)3/h4-9H,10,17-18H2,1-3H3. The lowest BCUT2D eigenvalue weighted by Gasteiger charge is -2.14. The van der Waals surface area contributed by atoms with Crippen molar-refractivity contribution in [2.45, 2.75) is 13.3 Å². The molecule has 0 saturated heterocycles. The third-order valence-electron chi connectivity index (χ3n) is 3.51. The maximum Gasteiger partial charge on any atom is 0.0361 e. The zero-order chi connectivity index (χ0) is 14.0. The summed E-state index contributed by atoms with van der Waals surface area (Å²) in [5.41, 5.74) is 18.2. The molecule has 0 heterocycles. The molecule has 0 amide bonds. The zero-order valence-electron chi connectivity index (χ0n) is 11.8. The summed E-state index contributed by atoms with van der Waals surface area (Å²) in [6, 6.07) is 12.3. The van der Waals surface area contributed by atoms with E-state index in [0.29, 0.717) is 0 Å². The van der Waals surface area contributed by atoms with Gasteiger partial charge in [-0.3, -0.25) is 0 Å². The average Bonchev–Trinajstić information content (AvgIpc) is 2.40. The molecule has 0 aromatic heterocycles. The largest absolute Gasteiger partial charge is 0.399 e. The van der Waals surface area contributed by atoms with Crippen molar-refractivity contribution in [3.63, 3.8) is 0 Å². The molecule has 0 aliphatic carbocycles. The second-order valence-corrected chi connectivity index (χ2v) is 5.09. The Bertz CT molecular complexity index is 571. The first-order valence-corrected chi connectivity index (χ1v) is 6.38. The van der Waals surface area contributed by atoms with Crippen molar-refractivity contribution < 1.29 is 0 Å². The van der Waals surface area contributed by atoms with Gasteiger partial charge < -0.3 is 16.4 Å². The highest BCUT2D eigenvalue weighted by atomic mass is 15.1. The van der Waals surface area contributed by atoms with Gasteiger partial charge in [-0.15, -0.1) is 0 Å². The van der Waals surface area contributed by atoms with Gasteiger partial charge in [0, 0.05) is 31.2 Å². The summed E-state index contributed by atoms with van der Waals surface area (Å²) in [5.74, 6) is 0. The fourth-order valence-electron chi connectivity index (χ4n) is 2.15. The van der Waals surface area contributed by atoms with Crippen LogP contribution in [0, 0.1) is 6.92 Å². The second-order valence-electron chi connectivity index (χ2n) is 5.09. The lowest BCUT2D eigenvalue weighted by Crippen LogP contribution is -2.08. The Hall–Kier alpha value is -2.16. The van der Waals surface area contributed by atoms with Gasteiger partial charge in [-0.1, -0.05) is 12.1 Å². The zero-order valence-corrected chi connectivity index (χ0v) is 11.8. The number of rotatable bonds is 3. The number of benzene rings is 2. The predicted octanol–water partition coefficient (Wildman–Crippen LogP) is 2.82. The average molecular weight is 255 g/mol. The minimum Gasteiger partial charge on any atom is -0.399 e. The van der Waals surface area contributed by atoms with Crippen LogP contribution in [0.5, 0.6) is 0 Å². The minimum atomic E-state index is 0.800. The molecule has 4 N–H and O–H groups in total. The highest BCUT2D eigenvalue weighted by Gasteiger charge is 2.07. The molecular weight excluding hydrogens is 234 g/mol. The lowest BCUT2D eigenvalue weighted by atomic mass is 9.97. The van der Waals surface area contributed by atoms with Crippen molar-refractivity contribution in [3.05, 3.63) is 53.1 Å². The Labute approximate surface area is 114 Å². The topological polar surface area (TPSA) is 55.3 Å². The van der Waals surface area contributed by atoms with Gasteiger partial charge >= 0.3 is 0 Å². The number of nitrogen functional groups attached to an aromatic ring is 2. The van der Waals surface area contributed by atoms with Crippen molar-refractivity contribution in [3.8, 4) is 0 Å². The van der Waals surface area contributed by atoms with E-state index in [0.717, 1.165) is 28.9 Å². The monoisotopic (exact) mass is 255 g/mol. The summed E-state index contributed by atoms with van der Waals surface area (Å²) in [7, 11) is 4.07. The van der Waals surface area contributed by atoms with Crippen LogP contribution in [0.1, 0.15) is 16.7 Å². The van der Waals surface area contributed by atoms with E-state index in [-0.39, 0.29) is 0 Å². The third kappa shape index (κ3) is 2.81. The summed E-state index contributed by atoms with van der Waals surface area (Å²) in [5, 5.41) is 0. The predicted molar refractivity (Wildman–Crippen MR) is 83.6 cm³/mol. The van der Waals surface area contributed by atoms with Gasteiger partial charge in [0.05, 0.1) is 0 Å².